The first-order valence-electron chi connectivity index (χ1n) is 5.75. The van der Waals surface area contributed by atoms with E-state index in [9.17, 15) is 13.4 Å². The Morgan fingerprint density at radius 1 is 1.53 bits per heavy atom. The number of carbonyl (C=O) groups excluding carboxylic acids is 1. The van der Waals surface area contributed by atoms with Crippen LogP contribution in [0.2, 0.25) is 0 Å². The van der Waals surface area contributed by atoms with Crippen LogP contribution in [-0.2, 0) is 10.8 Å². The molecule has 0 fully saturated rings. The summed E-state index contributed by atoms with van der Waals surface area (Å²) in [7, 11) is -1.40. The number of hydrogen-bond donors (Lipinski definition) is 3. The molecule has 19 heavy (non-hydrogen) atoms. The molecular weight excluding hydrogens is 271 g/mol. The van der Waals surface area contributed by atoms with Gasteiger partial charge in [0.1, 0.15) is 5.82 Å². The number of aliphatic hydroxyl groups is 1. The van der Waals surface area contributed by atoms with E-state index in [1.165, 1.54) is 18.4 Å². The predicted molar refractivity (Wildman–Crippen MR) is 72.1 cm³/mol. The van der Waals surface area contributed by atoms with Crippen LogP contribution < -0.4 is 10.6 Å². The van der Waals surface area contributed by atoms with Gasteiger partial charge in [0.25, 0.3) is 0 Å². The molecule has 1 aromatic carbocycles. The second-order valence-electron chi connectivity index (χ2n) is 4.11. The molecule has 0 aliphatic carbocycles. The fourth-order valence-corrected chi connectivity index (χ4v) is 2.06. The smallest absolute Gasteiger partial charge is 0.319 e. The topological polar surface area (TPSA) is 78.4 Å². The van der Waals surface area contributed by atoms with E-state index >= 15 is 0 Å². The summed E-state index contributed by atoms with van der Waals surface area (Å²) in [5.74, 6) is -0.623. The number of hydrogen-bond acceptors (Lipinski definition) is 3. The standard InChI is InChI=1S/C12H17FN2O3S/c1-8(5-6-16)14-12(17)15-9-3-4-11(19(2)18)10(13)7-9/h3-4,7-8,16H,5-6H2,1-2H3,(H2,14,15,17)/t8-,19?/m1/s1. The van der Waals surface area contributed by atoms with Crippen molar-refractivity contribution >= 4 is 22.5 Å². The summed E-state index contributed by atoms with van der Waals surface area (Å²) in [4.78, 5) is 11.6. The number of benzene rings is 1. The van der Waals surface area contributed by atoms with E-state index in [1.807, 2.05) is 0 Å². The summed E-state index contributed by atoms with van der Waals surface area (Å²) in [6, 6.07) is 3.31. The summed E-state index contributed by atoms with van der Waals surface area (Å²) in [6.07, 6.45) is 1.82. The highest BCUT2D eigenvalue weighted by atomic mass is 32.2. The second kappa shape index (κ2) is 7.20. The number of rotatable bonds is 5. The van der Waals surface area contributed by atoms with Crippen LogP contribution >= 0.6 is 0 Å². The Morgan fingerprint density at radius 2 is 2.21 bits per heavy atom. The monoisotopic (exact) mass is 288 g/mol. The zero-order valence-electron chi connectivity index (χ0n) is 10.8. The van der Waals surface area contributed by atoms with E-state index in [0.717, 1.165) is 6.07 Å². The molecule has 0 spiro atoms. The Morgan fingerprint density at radius 3 is 2.74 bits per heavy atom. The molecule has 2 amide bonds. The van der Waals surface area contributed by atoms with Crippen LogP contribution in [0.3, 0.4) is 0 Å². The molecule has 0 heterocycles. The van der Waals surface area contributed by atoms with Crippen LogP contribution in [0.25, 0.3) is 0 Å². The largest absolute Gasteiger partial charge is 0.396 e. The van der Waals surface area contributed by atoms with E-state index in [0.29, 0.717) is 6.42 Å². The summed E-state index contributed by atoms with van der Waals surface area (Å²) in [5.41, 5.74) is 0.278. The molecule has 7 heteroatoms. The van der Waals surface area contributed by atoms with E-state index in [1.54, 1.807) is 6.92 Å². The number of carbonyl (C=O) groups is 1. The molecular formula is C12H17FN2O3S. The third kappa shape index (κ3) is 4.96. The third-order valence-corrected chi connectivity index (χ3v) is 3.39. The van der Waals surface area contributed by atoms with Gasteiger partial charge in [-0.2, -0.15) is 0 Å². The zero-order chi connectivity index (χ0) is 14.4. The van der Waals surface area contributed by atoms with Crippen molar-refractivity contribution in [1.29, 1.82) is 0 Å². The molecule has 0 saturated carbocycles. The maximum Gasteiger partial charge on any atom is 0.319 e. The first-order chi connectivity index (χ1) is 8.93. The number of aliphatic hydroxyl groups excluding tert-OH is 1. The minimum atomic E-state index is -1.40. The molecule has 5 nitrogen and oxygen atoms in total. The second-order valence-corrected chi connectivity index (χ2v) is 5.46. The summed E-state index contributed by atoms with van der Waals surface area (Å²) >= 11 is 0. The van der Waals surface area contributed by atoms with Crippen molar-refractivity contribution in [2.75, 3.05) is 18.2 Å². The van der Waals surface area contributed by atoms with Gasteiger partial charge in [-0.1, -0.05) is 0 Å². The van der Waals surface area contributed by atoms with Gasteiger partial charge < -0.3 is 15.7 Å². The Kier molecular flexibility index (Phi) is 5.91. The highest BCUT2D eigenvalue weighted by Crippen LogP contribution is 2.16. The van der Waals surface area contributed by atoms with Gasteiger partial charge in [-0.3, -0.25) is 4.21 Å². The van der Waals surface area contributed by atoms with Gasteiger partial charge in [-0.25, -0.2) is 9.18 Å². The van der Waals surface area contributed by atoms with Crippen LogP contribution in [0.1, 0.15) is 13.3 Å². The van der Waals surface area contributed by atoms with E-state index < -0.39 is 22.6 Å². The first kappa shape index (κ1) is 15.6. The maximum absolute atomic E-state index is 13.5. The van der Waals surface area contributed by atoms with Crippen molar-refractivity contribution in [3.05, 3.63) is 24.0 Å². The Bertz CT molecular complexity index is 482. The lowest BCUT2D eigenvalue weighted by molar-refractivity contribution is 0.241. The van der Waals surface area contributed by atoms with Crippen molar-refractivity contribution < 1.29 is 18.5 Å². The molecule has 0 radical (unpaired) electrons. The molecule has 0 aromatic heterocycles. The molecule has 2 atom stereocenters. The van der Waals surface area contributed by atoms with E-state index in [4.69, 9.17) is 5.11 Å². The van der Waals surface area contributed by atoms with Gasteiger partial charge in [0, 0.05) is 24.6 Å². The average Bonchev–Trinajstić information content (AvgIpc) is 2.28. The van der Waals surface area contributed by atoms with Crippen LogP contribution in [-0.4, -0.2) is 34.3 Å². The minimum absolute atomic E-state index is 0.0207. The summed E-state index contributed by atoms with van der Waals surface area (Å²) in [5, 5.41) is 13.8. The fourth-order valence-electron chi connectivity index (χ4n) is 1.47. The SMILES string of the molecule is C[C@H](CCO)NC(=O)Nc1ccc(S(C)=O)c(F)c1. The lowest BCUT2D eigenvalue weighted by atomic mass is 10.2. The first-order valence-corrected chi connectivity index (χ1v) is 7.31. The van der Waals surface area contributed by atoms with E-state index in [2.05, 4.69) is 10.6 Å². The van der Waals surface area contributed by atoms with Gasteiger partial charge >= 0.3 is 6.03 Å². The lowest BCUT2D eigenvalue weighted by Gasteiger charge is -2.13. The molecule has 0 saturated heterocycles. The van der Waals surface area contributed by atoms with Crippen LogP contribution in [0.5, 0.6) is 0 Å². The van der Waals surface area contributed by atoms with E-state index in [-0.39, 0.29) is 23.2 Å². The quantitative estimate of drug-likeness (QED) is 0.767. The Labute approximate surface area is 113 Å². The number of halogens is 1. The minimum Gasteiger partial charge on any atom is -0.396 e. The normalized spacial score (nSPS) is 13.7. The molecule has 3 N–H and O–H groups in total. The lowest BCUT2D eigenvalue weighted by Crippen LogP contribution is -2.36. The van der Waals surface area contributed by atoms with Gasteiger partial charge in [0.05, 0.1) is 15.7 Å². The fraction of sp³-hybridized carbons (Fsp3) is 0.417. The van der Waals surface area contributed by atoms with Gasteiger partial charge in [-0.15, -0.1) is 0 Å². The third-order valence-electron chi connectivity index (χ3n) is 2.44. The van der Waals surface area contributed by atoms with Gasteiger partial charge in [-0.05, 0) is 31.5 Å². The predicted octanol–water partition coefficient (Wildman–Crippen LogP) is 1.46. The molecule has 1 rings (SSSR count). The van der Waals surface area contributed by atoms with Crippen LogP contribution in [0.4, 0.5) is 14.9 Å². The van der Waals surface area contributed by atoms with Crippen molar-refractivity contribution in [1.82, 2.24) is 5.32 Å². The highest BCUT2D eigenvalue weighted by molar-refractivity contribution is 7.84. The van der Waals surface area contributed by atoms with Gasteiger partial charge in [0.2, 0.25) is 0 Å². The molecule has 0 aliphatic rings. The Hall–Kier alpha value is -1.47. The molecule has 0 bridgehead atoms. The molecule has 106 valence electrons. The number of amides is 2. The van der Waals surface area contributed by atoms with Crippen LogP contribution in [0, 0.1) is 5.82 Å². The van der Waals surface area contributed by atoms with Crippen molar-refractivity contribution in [2.24, 2.45) is 0 Å². The van der Waals surface area contributed by atoms with Crippen molar-refractivity contribution in [3.63, 3.8) is 0 Å². The molecule has 1 unspecified atom stereocenters. The summed E-state index contributed by atoms with van der Waals surface area (Å²) < 4.78 is 24.7. The average molecular weight is 288 g/mol. The van der Waals surface area contributed by atoms with Crippen LogP contribution in [0.15, 0.2) is 23.1 Å². The molecule has 1 aromatic rings. The highest BCUT2D eigenvalue weighted by Gasteiger charge is 2.10. The number of anilines is 1. The number of urea groups is 1. The molecule has 0 aliphatic heterocycles. The maximum atomic E-state index is 13.5. The number of nitrogens with one attached hydrogen (secondary N) is 2. The van der Waals surface area contributed by atoms with Gasteiger partial charge in [0.15, 0.2) is 0 Å². The summed E-state index contributed by atoms with van der Waals surface area (Å²) in [6.45, 7) is 1.73. The van der Waals surface area contributed by atoms with Crippen molar-refractivity contribution in [3.8, 4) is 0 Å². The zero-order valence-corrected chi connectivity index (χ0v) is 11.6. The Balaban J connectivity index is 2.65. The van der Waals surface area contributed by atoms with Crippen molar-refractivity contribution in [2.45, 2.75) is 24.3 Å².